The first-order valence-electron chi connectivity index (χ1n) is 20.8. The second kappa shape index (κ2) is 12.3. The van der Waals surface area contributed by atoms with Crippen LogP contribution in [0.3, 0.4) is 0 Å². The number of para-hydroxylation sites is 2. The van der Waals surface area contributed by atoms with E-state index in [0.717, 1.165) is 83.5 Å². The smallest absolute Gasteiger partial charge is 0.114 e. The molecule has 0 fully saturated rings. The van der Waals surface area contributed by atoms with E-state index in [-0.39, 0.29) is 29.7 Å². The van der Waals surface area contributed by atoms with Gasteiger partial charge in [0.25, 0.3) is 0 Å². The summed E-state index contributed by atoms with van der Waals surface area (Å²) in [6.45, 7) is 2.14. The van der Waals surface area contributed by atoms with E-state index in [2.05, 4.69) is 139 Å². The van der Waals surface area contributed by atoms with Crippen molar-refractivity contribution in [3.63, 3.8) is 0 Å². The van der Waals surface area contributed by atoms with Crippen LogP contribution in [0.15, 0.2) is 176 Å². The standard InChI is InChI=1S/C51H34N2S/c1-2-48-52-44-19-9-10-20-45(44)53(48)37-27-25-33-29-36(24-23-34(33)30-37)49-38-15-6-7-16-39(38)50(43-31-35(26-28-40(43)49)32-13-4-3-5-14-32)42-18-12-22-47-51(42)41-17-8-11-21-46(41)54-47/h3-31H,2H2,1H3/i3D,4D,5D,13D,14D. The van der Waals surface area contributed by atoms with Gasteiger partial charge in [-0.25, -0.2) is 4.98 Å². The van der Waals surface area contributed by atoms with Gasteiger partial charge >= 0.3 is 0 Å². The summed E-state index contributed by atoms with van der Waals surface area (Å²) in [5.74, 6) is 1.02. The Kier molecular flexibility index (Phi) is 5.96. The Morgan fingerprint density at radius 3 is 2.13 bits per heavy atom. The molecule has 11 rings (SSSR count). The average molecular weight is 712 g/mol. The van der Waals surface area contributed by atoms with Gasteiger partial charge in [-0.15, -0.1) is 11.3 Å². The highest BCUT2D eigenvalue weighted by atomic mass is 32.1. The first-order chi connectivity index (χ1) is 28.8. The van der Waals surface area contributed by atoms with Crippen molar-refractivity contribution in [2.24, 2.45) is 0 Å². The molecule has 3 heteroatoms. The van der Waals surface area contributed by atoms with E-state index in [1.54, 1.807) is 11.3 Å². The summed E-state index contributed by atoms with van der Waals surface area (Å²) in [5, 5.41) is 8.74. The van der Waals surface area contributed by atoms with Crippen LogP contribution in [0.4, 0.5) is 0 Å². The predicted molar refractivity (Wildman–Crippen MR) is 232 cm³/mol. The van der Waals surface area contributed by atoms with E-state index in [1.807, 2.05) is 18.2 Å². The quantitative estimate of drug-likeness (QED) is 0.163. The summed E-state index contributed by atoms with van der Waals surface area (Å²) in [7, 11) is 0. The molecule has 0 saturated carbocycles. The van der Waals surface area contributed by atoms with Crippen LogP contribution in [-0.2, 0) is 6.42 Å². The van der Waals surface area contributed by atoms with E-state index < -0.39 is 6.04 Å². The van der Waals surface area contributed by atoms with Crippen molar-refractivity contribution in [3.05, 3.63) is 182 Å². The van der Waals surface area contributed by atoms with E-state index in [9.17, 15) is 0 Å². The SMILES string of the molecule is [2H]c1c([2H])c([2H])c(-c2ccc3c(-c4ccc5cc(-n6c(CC)nc7ccccc76)ccc5c4)c4ccccc4c(-c4cccc5sc6ccccc6c45)c3c2)c([2H])c1[2H]. The molecule has 254 valence electrons. The minimum absolute atomic E-state index is 0.191. The minimum Gasteiger partial charge on any atom is -0.296 e. The van der Waals surface area contributed by atoms with Gasteiger partial charge in [0, 0.05) is 32.3 Å². The highest BCUT2D eigenvalue weighted by molar-refractivity contribution is 7.25. The molecule has 0 aliphatic rings. The number of fused-ring (bicyclic) bond motifs is 7. The molecule has 2 aromatic heterocycles. The topological polar surface area (TPSA) is 17.8 Å². The molecule has 0 bridgehead atoms. The van der Waals surface area contributed by atoms with Gasteiger partial charge in [0.15, 0.2) is 0 Å². The number of hydrogen-bond acceptors (Lipinski definition) is 2. The molecule has 54 heavy (non-hydrogen) atoms. The van der Waals surface area contributed by atoms with Gasteiger partial charge in [-0.05, 0) is 114 Å². The van der Waals surface area contributed by atoms with E-state index in [4.69, 9.17) is 11.8 Å². The third kappa shape index (κ3) is 4.75. The molecule has 11 aromatic rings. The van der Waals surface area contributed by atoms with Crippen LogP contribution in [0.5, 0.6) is 0 Å². The molecule has 0 amide bonds. The number of aromatic nitrogens is 2. The molecule has 0 N–H and O–H groups in total. The maximum absolute atomic E-state index is 8.91. The van der Waals surface area contributed by atoms with Crippen LogP contribution in [0.1, 0.15) is 19.6 Å². The van der Waals surface area contributed by atoms with Gasteiger partial charge < -0.3 is 0 Å². The third-order valence-corrected chi connectivity index (χ3v) is 11.9. The Balaban J connectivity index is 1.20. The first-order valence-corrected chi connectivity index (χ1v) is 19.1. The summed E-state index contributed by atoms with van der Waals surface area (Å²) < 4.78 is 47.7. The van der Waals surface area contributed by atoms with Crippen LogP contribution in [0.2, 0.25) is 0 Å². The fourth-order valence-electron chi connectivity index (χ4n) is 8.44. The average Bonchev–Trinajstić information content (AvgIpc) is 3.85. The van der Waals surface area contributed by atoms with Gasteiger partial charge in [0.05, 0.1) is 17.9 Å². The molecule has 9 aromatic carbocycles. The van der Waals surface area contributed by atoms with Gasteiger partial charge in [-0.2, -0.15) is 0 Å². The van der Waals surface area contributed by atoms with Crippen molar-refractivity contribution in [2.45, 2.75) is 13.3 Å². The number of aryl methyl sites for hydroxylation is 1. The van der Waals surface area contributed by atoms with E-state index >= 15 is 0 Å². The Morgan fingerprint density at radius 1 is 0.556 bits per heavy atom. The summed E-state index contributed by atoms with van der Waals surface area (Å²) in [5.41, 5.74) is 8.20. The first kappa shape index (κ1) is 26.3. The summed E-state index contributed by atoms with van der Waals surface area (Å²) >= 11 is 1.78. The molecule has 0 spiro atoms. The fourth-order valence-corrected chi connectivity index (χ4v) is 9.57. The van der Waals surface area contributed by atoms with Crippen molar-refractivity contribution in [2.75, 3.05) is 0 Å². The van der Waals surface area contributed by atoms with Gasteiger partial charge in [0.2, 0.25) is 0 Å². The van der Waals surface area contributed by atoms with E-state index in [1.165, 1.54) is 20.2 Å². The summed E-state index contributed by atoms with van der Waals surface area (Å²) in [4.78, 5) is 4.92. The zero-order chi connectivity index (χ0) is 40.1. The lowest BCUT2D eigenvalue weighted by Crippen LogP contribution is -2.00. The van der Waals surface area contributed by atoms with E-state index in [0.29, 0.717) is 5.56 Å². The number of nitrogens with zero attached hydrogens (tertiary/aromatic N) is 2. The number of imidazole rings is 1. The molecular formula is C51H34N2S. The largest absolute Gasteiger partial charge is 0.296 e. The molecule has 2 heterocycles. The van der Waals surface area contributed by atoms with Gasteiger partial charge in [-0.3, -0.25) is 4.57 Å². The number of benzene rings is 9. The lowest BCUT2D eigenvalue weighted by atomic mass is 9.83. The molecular weight excluding hydrogens is 673 g/mol. The Bertz CT molecular complexity index is 3540. The Morgan fingerprint density at radius 2 is 1.26 bits per heavy atom. The van der Waals surface area contributed by atoms with Crippen LogP contribution >= 0.6 is 11.3 Å². The number of thiophene rings is 1. The van der Waals surface area contributed by atoms with Gasteiger partial charge in [-0.1, -0.05) is 134 Å². The number of hydrogen-bond donors (Lipinski definition) is 0. The van der Waals surface area contributed by atoms with Crippen molar-refractivity contribution in [3.8, 4) is 39.1 Å². The van der Waals surface area contributed by atoms with Crippen molar-refractivity contribution in [1.82, 2.24) is 9.55 Å². The van der Waals surface area contributed by atoms with Crippen LogP contribution in [0, 0.1) is 0 Å². The Hall–Kier alpha value is -6.55. The number of rotatable bonds is 5. The van der Waals surface area contributed by atoms with Crippen LogP contribution < -0.4 is 0 Å². The normalized spacial score (nSPS) is 13.2. The fraction of sp³-hybridized carbons (Fsp3) is 0.0392. The van der Waals surface area contributed by atoms with Gasteiger partial charge in [0.1, 0.15) is 5.82 Å². The van der Waals surface area contributed by atoms with Crippen LogP contribution in [-0.4, -0.2) is 9.55 Å². The van der Waals surface area contributed by atoms with Crippen molar-refractivity contribution < 1.29 is 6.85 Å². The monoisotopic (exact) mass is 711 g/mol. The highest BCUT2D eigenvalue weighted by Gasteiger charge is 2.21. The van der Waals surface area contributed by atoms with Crippen LogP contribution in [0.25, 0.3) is 103 Å². The lowest BCUT2D eigenvalue weighted by Gasteiger charge is -2.20. The molecule has 0 saturated heterocycles. The second-order valence-electron chi connectivity index (χ2n) is 13.8. The highest BCUT2D eigenvalue weighted by Crippen LogP contribution is 2.49. The summed E-state index contributed by atoms with van der Waals surface area (Å²) in [6.07, 6.45) is 0.816. The predicted octanol–water partition coefficient (Wildman–Crippen LogP) is 14.4. The summed E-state index contributed by atoms with van der Waals surface area (Å²) in [6, 6.07) is 49.6. The third-order valence-electron chi connectivity index (χ3n) is 10.8. The molecule has 2 nitrogen and oxygen atoms in total. The lowest BCUT2D eigenvalue weighted by molar-refractivity contribution is 0.909. The maximum Gasteiger partial charge on any atom is 0.114 e. The van der Waals surface area contributed by atoms with Crippen molar-refractivity contribution in [1.29, 1.82) is 0 Å². The zero-order valence-corrected chi connectivity index (χ0v) is 30.2. The molecule has 0 aliphatic carbocycles. The molecule has 0 radical (unpaired) electrons. The Labute approximate surface area is 324 Å². The zero-order valence-electron chi connectivity index (χ0n) is 34.4. The van der Waals surface area contributed by atoms with Crippen molar-refractivity contribution >= 4 is 74.9 Å². The second-order valence-corrected chi connectivity index (χ2v) is 14.9. The molecule has 0 aliphatic heterocycles. The molecule has 0 unspecified atom stereocenters. The maximum atomic E-state index is 8.91. The minimum atomic E-state index is -0.401. The molecule has 0 atom stereocenters.